The van der Waals surface area contributed by atoms with E-state index in [9.17, 15) is 13.2 Å². The summed E-state index contributed by atoms with van der Waals surface area (Å²) in [6, 6.07) is 7.49. The van der Waals surface area contributed by atoms with Crippen molar-refractivity contribution >= 4 is 21.4 Å². The molecule has 1 fully saturated rings. The zero-order valence-electron chi connectivity index (χ0n) is 13.2. The fourth-order valence-corrected chi connectivity index (χ4v) is 4.57. The number of carbonyl (C=O) groups excluding carboxylic acids is 1. The van der Waals surface area contributed by atoms with Crippen molar-refractivity contribution < 1.29 is 13.2 Å². The molecule has 0 saturated carbocycles. The van der Waals surface area contributed by atoms with E-state index in [1.807, 2.05) is 31.3 Å². The second-order valence-corrected chi connectivity index (χ2v) is 8.18. The van der Waals surface area contributed by atoms with Gasteiger partial charge in [-0.25, -0.2) is 8.42 Å². The molecule has 2 rings (SSSR count). The van der Waals surface area contributed by atoms with Crippen molar-refractivity contribution in [3.8, 4) is 0 Å². The summed E-state index contributed by atoms with van der Waals surface area (Å²) in [5.74, 6) is 0.331. The van der Waals surface area contributed by atoms with Gasteiger partial charge in [-0.05, 0) is 43.0 Å². The molecule has 5 nitrogen and oxygen atoms in total. The molecule has 1 aromatic rings. The molecule has 1 aromatic carbocycles. The van der Waals surface area contributed by atoms with E-state index in [0.29, 0.717) is 18.5 Å². The second-order valence-electron chi connectivity index (χ2n) is 5.95. The molecular weight excluding hydrogens is 300 g/mol. The molecule has 0 radical (unpaired) electrons. The molecule has 0 aromatic heterocycles. The Morgan fingerprint density at radius 1 is 1.32 bits per heavy atom. The Morgan fingerprint density at radius 2 is 2.00 bits per heavy atom. The quantitative estimate of drug-likeness (QED) is 0.865. The van der Waals surface area contributed by atoms with Crippen molar-refractivity contribution in [3.63, 3.8) is 0 Å². The Morgan fingerprint density at radius 3 is 2.55 bits per heavy atom. The standard InChI is InChI=1S/C16H24N2O3S/c1-3-9-18(2)15-6-4-14(5-7-15)16(19)17-11-13-8-10-22(20,21)12-13/h4-7,13H,3,8-12H2,1-2H3,(H,17,19)/t13-/m1/s1. The number of benzene rings is 1. The molecule has 1 saturated heterocycles. The number of hydrogen-bond donors (Lipinski definition) is 1. The van der Waals surface area contributed by atoms with Crippen molar-refractivity contribution in [1.29, 1.82) is 0 Å². The van der Waals surface area contributed by atoms with E-state index in [1.165, 1.54) is 0 Å². The second kappa shape index (κ2) is 7.13. The lowest BCUT2D eigenvalue weighted by atomic mass is 10.1. The molecule has 0 unspecified atom stereocenters. The van der Waals surface area contributed by atoms with Crippen molar-refractivity contribution in [1.82, 2.24) is 5.32 Å². The minimum atomic E-state index is -2.89. The first-order valence-electron chi connectivity index (χ1n) is 7.71. The molecule has 1 atom stereocenters. The van der Waals surface area contributed by atoms with Crippen LogP contribution < -0.4 is 10.2 Å². The third-order valence-electron chi connectivity index (χ3n) is 4.01. The monoisotopic (exact) mass is 324 g/mol. The third-order valence-corrected chi connectivity index (χ3v) is 5.84. The average molecular weight is 324 g/mol. The summed E-state index contributed by atoms with van der Waals surface area (Å²) >= 11 is 0. The first-order chi connectivity index (χ1) is 10.4. The molecule has 122 valence electrons. The molecule has 0 aliphatic carbocycles. The molecule has 6 heteroatoms. The van der Waals surface area contributed by atoms with Crippen LogP contribution in [0.5, 0.6) is 0 Å². The van der Waals surface area contributed by atoms with Crippen molar-refractivity contribution in [2.45, 2.75) is 19.8 Å². The van der Waals surface area contributed by atoms with Crippen LogP contribution in [-0.2, 0) is 9.84 Å². The number of carbonyl (C=O) groups is 1. The topological polar surface area (TPSA) is 66.5 Å². The molecule has 0 bridgehead atoms. The number of rotatable bonds is 6. The van der Waals surface area contributed by atoms with Crippen LogP contribution in [0.2, 0.25) is 0 Å². The van der Waals surface area contributed by atoms with Crippen LogP contribution in [0.3, 0.4) is 0 Å². The number of hydrogen-bond acceptors (Lipinski definition) is 4. The van der Waals surface area contributed by atoms with Gasteiger partial charge in [-0.2, -0.15) is 0 Å². The van der Waals surface area contributed by atoms with Gasteiger partial charge in [-0.15, -0.1) is 0 Å². The minimum absolute atomic E-state index is 0.0453. The Bertz CT molecular complexity index is 611. The third kappa shape index (κ3) is 4.47. The van der Waals surface area contributed by atoms with Crippen LogP contribution in [0.15, 0.2) is 24.3 Å². The summed E-state index contributed by atoms with van der Waals surface area (Å²) in [5, 5.41) is 2.84. The largest absolute Gasteiger partial charge is 0.375 e. The summed E-state index contributed by atoms with van der Waals surface area (Å²) in [6.45, 7) is 3.53. The lowest BCUT2D eigenvalue weighted by Gasteiger charge is -2.18. The Balaban J connectivity index is 1.87. The Hall–Kier alpha value is -1.56. The molecule has 1 N–H and O–H groups in total. The highest BCUT2D eigenvalue weighted by molar-refractivity contribution is 7.91. The van der Waals surface area contributed by atoms with E-state index in [4.69, 9.17) is 0 Å². The first-order valence-corrected chi connectivity index (χ1v) is 9.53. The molecule has 1 heterocycles. The molecule has 1 aliphatic rings. The highest BCUT2D eigenvalue weighted by atomic mass is 32.2. The highest BCUT2D eigenvalue weighted by Gasteiger charge is 2.27. The van der Waals surface area contributed by atoms with Crippen molar-refractivity contribution in [3.05, 3.63) is 29.8 Å². The van der Waals surface area contributed by atoms with Crippen molar-refractivity contribution in [2.24, 2.45) is 5.92 Å². The molecule has 1 aliphatic heterocycles. The molecule has 0 spiro atoms. The van der Waals surface area contributed by atoms with Crippen LogP contribution in [0.4, 0.5) is 5.69 Å². The van der Waals surface area contributed by atoms with Gasteiger partial charge in [0.25, 0.3) is 5.91 Å². The smallest absolute Gasteiger partial charge is 0.251 e. The maximum Gasteiger partial charge on any atom is 0.251 e. The zero-order chi connectivity index (χ0) is 16.2. The Kier molecular flexibility index (Phi) is 5.45. The number of anilines is 1. The fraction of sp³-hybridized carbons (Fsp3) is 0.562. The van der Waals surface area contributed by atoms with Gasteiger partial charge in [0.15, 0.2) is 9.84 Å². The lowest BCUT2D eigenvalue weighted by molar-refractivity contribution is 0.0948. The van der Waals surface area contributed by atoms with Gasteiger partial charge in [0.1, 0.15) is 0 Å². The normalized spacial score (nSPS) is 19.8. The molecule has 1 amide bonds. The van der Waals surface area contributed by atoms with Gasteiger partial charge in [-0.3, -0.25) is 4.79 Å². The summed E-state index contributed by atoms with van der Waals surface area (Å²) < 4.78 is 22.8. The van der Waals surface area contributed by atoms with Crippen LogP contribution in [-0.4, -0.2) is 46.0 Å². The summed E-state index contributed by atoms with van der Waals surface area (Å²) in [7, 11) is -0.859. The summed E-state index contributed by atoms with van der Waals surface area (Å²) in [6.07, 6.45) is 1.71. The fourth-order valence-electron chi connectivity index (χ4n) is 2.70. The first kappa shape index (κ1) is 16.8. The average Bonchev–Trinajstić information content (AvgIpc) is 2.84. The zero-order valence-corrected chi connectivity index (χ0v) is 14.0. The SMILES string of the molecule is CCCN(C)c1ccc(C(=O)NC[C@H]2CCS(=O)(=O)C2)cc1. The van der Waals surface area contributed by atoms with Crippen LogP contribution in [0.1, 0.15) is 30.1 Å². The predicted octanol–water partition coefficient (Wildman–Crippen LogP) is 1.70. The Labute approximate surface area is 132 Å². The van der Waals surface area contributed by atoms with E-state index in [0.717, 1.165) is 18.7 Å². The van der Waals surface area contributed by atoms with Gasteiger partial charge >= 0.3 is 0 Å². The van der Waals surface area contributed by atoms with Gasteiger partial charge in [0.05, 0.1) is 11.5 Å². The maximum absolute atomic E-state index is 12.1. The van der Waals surface area contributed by atoms with Gasteiger partial charge in [-0.1, -0.05) is 6.92 Å². The van der Waals surface area contributed by atoms with Crippen LogP contribution in [0, 0.1) is 5.92 Å². The van der Waals surface area contributed by atoms with Gasteiger partial charge in [0.2, 0.25) is 0 Å². The maximum atomic E-state index is 12.1. The lowest BCUT2D eigenvalue weighted by Crippen LogP contribution is -2.29. The molecular formula is C16H24N2O3S. The van der Waals surface area contributed by atoms with E-state index in [1.54, 1.807) is 0 Å². The van der Waals surface area contributed by atoms with E-state index < -0.39 is 9.84 Å². The minimum Gasteiger partial charge on any atom is -0.375 e. The molecule has 22 heavy (non-hydrogen) atoms. The van der Waals surface area contributed by atoms with Crippen LogP contribution in [0.25, 0.3) is 0 Å². The highest BCUT2D eigenvalue weighted by Crippen LogP contribution is 2.18. The number of nitrogens with one attached hydrogen (secondary N) is 1. The summed E-state index contributed by atoms with van der Waals surface area (Å²) in [5.41, 5.74) is 1.69. The number of sulfone groups is 1. The van der Waals surface area contributed by atoms with Gasteiger partial charge < -0.3 is 10.2 Å². The number of nitrogens with zero attached hydrogens (tertiary/aromatic N) is 1. The summed E-state index contributed by atoms with van der Waals surface area (Å²) in [4.78, 5) is 14.2. The van der Waals surface area contributed by atoms with E-state index in [-0.39, 0.29) is 23.3 Å². The van der Waals surface area contributed by atoms with Crippen LogP contribution >= 0.6 is 0 Å². The van der Waals surface area contributed by atoms with Gasteiger partial charge in [0, 0.05) is 31.4 Å². The van der Waals surface area contributed by atoms with E-state index >= 15 is 0 Å². The number of amides is 1. The van der Waals surface area contributed by atoms with Crippen molar-refractivity contribution in [2.75, 3.05) is 36.5 Å². The van der Waals surface area contributed by atoms with E-state index in [2.05, 4.69) is 17.1 Å². The predicted molar refractivity (Wildman–Crippen MR) is 89.1 cm³/mol.